The number of aliphatic hydroxyl groups is 1. The van der Waals surface area contributed by atoms with E-state index in [1.807, 2.05) is 6.92 Å². The average molecular weight is 397 g/mol. The first kappa shape index (κ1) is 19.9. The molecule has 4 nitrogen and oxygen atoms in total. The molecule has 1 amide bonds. The minimum Gasteiger partial charge on any atom is -0.438 e. The summed E-state index contributed by atoms with van der Waals surface area (Å²) in [6.07, 6.45) is 3.81. The summed E-state index contributed by atoms with van der Waals surface area (Å²) in [6, 6.07) is 14.6. The Balaban J connectivity index is 1.51. The Hall–Kier alpha value is -2.40. The van der Waals surface area contributed by atoms with E-state index in [4.69, 9.17) is 4.74 Å². The monoisotopic (exact) mass is 397 g/mol. The molecule has 1 aliphatic heterocycles. The minimum absolute atomic E-state index is 0.0218. The minimum atomic E-state index is -0.820. The number of cyclic esters (lactones) is 1. The van der Waals surface area contributed by atoms with Crippen LogP contribution in [0.15, 0.2) is 48.5 Å². The van der Waals surface area contributed by atoms with Gasteiger partial charge >= 0.3 is 6.09 Å². The summed E-state index contributed by atoms with van der Waals surface area (Å²) in [6.45, 7) is 2.59. The van der Waals surface area contributed by atoms with Gasteiger partial charge in [0.2, 0.25) is 0 Å². The van der Waals surface area contributed by atoms with Crippen LogP contribution in [0.1, 0.15) is 67.7 Å². The van der Waals surface area contributed by atoms with Gasteiger partial charge in [0.25, 0.3) is 0 Å². The molecule has 1 heterocycles. The third-order valence-corrected chi connectivity index (χ3v) is 6.32. The molecule has 1 saturated heterocycles. The van der Waals surface area contributed by atoms with Crippen LogP contribution in [0.25, 0.3) is 0 Å². The number of hydrogen-bond acceptors (Lipinski definition) is 3. The van der Waals surface area contributed by atoms with Gasteiger partial charge in [-0.05, 0) is 67.3 Å². The lowest BCUT2D eigenvalue weighted by atomic mass is 9.84. The molecule has 1 saturated carbocycles. The van der Waals surface area contributed by atoms with Crippen molar-refractivity contribution in [3.05, 3.63) is 71.0 Å². The molecular weight excluding hydrogens is 369 g/mol. The van der Waals surface area contributed by atoms with Crippen LogP contribution in [-0.2, 0) is 10.3 Å². The van der Waals surface area contributed by atoms with Gasteiger partial charge in [0.05, 0.1) is 6.04 Å². The van der Waals surface area contributed by atoms with Crippen molar-refractivity contribution >= 4 is 6.09 Å². The largest absolute Gasteiger partial charge is 0.438 e. The molecule has 2 fully saturated rings. The highest BCUT2D eigenvalue weighted by molar-refractivity contribution is 5.70. The molecule has 1 N–H and O–H groups in total. The molecule has 0 radical (unpaired) electrons. The number of amides is 1. The third kappa shape index (κ3) is 4.15. The molecule has 5 heteroatoms. The molecule has 4 rings (SSSR count). The predicted octanol–water partition coefficient (Wildman–Crippen LogP) is 5.27. The first-order valence-corrected chi connectivity index (χ1v) is 10.5. The van der Waals surface area contributed by atoms with Crippen LogP contribution in [0.2, 0.25) is 0 Å². The molecule has 1 aliphatic carbocycles. The normalized spacial score (nSPS) is 23.0. The second-order valence-electron chi connectivity index (χ2n) is 8.26. The number of aliphatic hydroxyl groups excluding tert-OH is 1. The van der Waals surface area contributed by atoms with Crippen LogP contribution in [-0.4, -0.2) is 29.3 Å². The lowest BCUT2D eigenvalue weighted by Crippen LogP contribution is -2.48. The van der Waals surface area contributed by atoms with Crippen LogP contribution in [0.3, 0.4) is 0 Å². The highest BCUT2D eigenvalue weighted by Crippen LogP contribution is 2.42. The molecule has 1 unspecified atom stereocenters. The number of nitrogens with zero attached hydrogens (tertiary/aromatic N) is 1. The number of hydrogen-bond donors (Lipinski definition) is 1. The molecule has 0 bridgehead atoms. The van der Waals surface area contributed by atoms with E-state index < -0.39 is 5.60 Å². The molecule has 2 aromatic rings. The predicted molar refractivity (Wildman–Crippen MR) is 109 cm³/mol. The van der Waals surface area contributed by atoms with E-state index in [0.717, 1.165) is 11.1 Å². The number of rotatable bonds is 7. The van der Waals surface area contributed by atoms with Gasteiger partial charge in [0.1, 0.15) is 11.4 Å². The number of benzene rings is 2. The molecule has 2 aromatic carbocycles. The molecule has 2 atom stereocenters. The second kappa shape index (κ2) is 8.15. The van der Waals surface area contributed by atoms with E-state index in [2.05, 4.69) is 24.3 Å². The zero-order chi connectivity index (χ0) is 20.4. The Bertz CT molecular complexity index is 847. The Morgan fingerprint density at radius 3 is 2.45 bits per heavy atom. The van der Waals surface area contributed by atoms with E-state index in [0.29, 0.717) is 31.7 Å². The fraction of sp³-hybridized carbons (Fsp3) is 0.458. The SMILES string of the molecule is C[C@@H](c1ccc(C2CC2)cc1)N1CCC(CCCO)(c2ccc(F)cc2)OC1=O. The van der Waals surface area contributed by atoms with Gasteiger partial charge in [-0.1, -0.05) is 36.4 Å². The Morgan fingerprint density at radius 2 is 1.86 bits per heavy atom. The van der Waals surface area contributed by atoms with E-state index in [-0.39, 0.29) is 24.6 Å². The topological polar surface area (TPSA) is 49.8 Å². The summed E-state index contributed by atoms with van der Waals surface area (Å²) in [5.74, 6) is 0.389. The summed E-state index contributed by atoms with van der Waals surface area (Å²) in [5.41, 5.74) is 2.43. The molecule has 29 heavy (non-hydrogen) atoms. The van der Waals surface area contributed by atoms with Gasteiger partial charge < -0.3 is 14.7 Å². The van der Waals surface area contributed by atoms with E-state index in [9.17, 15) is 14.3 Å². The summed E-state index contributed by atoms with van der Waals surface area (Å²) < 4.78 is 19.4. The van der Waals surface area contributed by atoms with Gasteiger partial charge in [-0.25, -0.2) is 9.18 Å². The Morgan fingerprint density at radius 1 is 1.17 bits per heavy atom. The molecular formula is C24H28FNO3. The van der Waals surface area contributed by atoms with Crippen molar-refractivity contribution in [3.8, 4) is 0 Å². The first-order chi connectivity index (χ1) is 14.0. The fourth-order valence-corrected chi connectivity index (χ4v) is 4.31. The maximum absolute atomic E-state index is 13.4. The maximum atomic E-state index is 13.4. The first-order valence-electron chi connectivity index (χ1n) is 10.5. The molecule has 154 valence electrons. The lowest BCUT2D eigenvalue weighted by Gasteiger charge is -2.43. The van der Waals surface area contributed by atoms with Gasteiger partial charge in [0.15, 0.2) is 0 Å². The highest BCUT2D eigenvalue weighted by atomic mass is 19.1. The van der Waals surface area contributed by atoms with Crippen molar-refractivity contribution in [2.75, 3.05) is 13.2 Å². The number of ether oxygens (including phenoxy) is 1. The van der Waals surface area contributed by atoms with Crippen molar-refractivity contribution in [1.82, 2.24) is 4.90 Å². The number of carbonyl (C=O) groups excluding carboxylic acids is 1. The zero-order valence-electron chi connectivity index (χ0n) is 16.8. The van der Waals surface area contributed by atoms with Crippen molar-refractivity contribution < 1.29 is 19.0 Å². The van der Waals surface area contributed by atoms with Crippen LogP contribution < -0.4 is 0 Å². The van der Waals surface area contributed by atoms with E-state index in [1.54, 1.807) is 17.0 Å². The molecule has 0 aromatic heterocycles. The molecule has 2 aliphatic rings. The molecule has 0 spiro atoms. The van der Waals surface area contributed by atoms with Gasteiger partial charge in [0, 0.05) is 19.6 Å². The third-order valence-electron chi connectivity index (χ3n) is 6.32. The second-order valence-corrected chi connectivity index (χ2v) is 8.26. The van der Waals surface area contributed by atoms with Crippen LogP contribution in [0.4, 0.5) is 9.18 Å². The summed E-state index contributed by atoms with van der Waals surface area (Å²) >= 11 is 0. The lowest BCUT2D eigenvalue weighted by molar-refractivity contribution is -0.0680. The highest BCUT2D eigenvalue weighted by Gasteiger charge is 2.43. The van der Waals surface area contributed by atoms with Crippen molar-refractivity contribution in [2.45, 2.75) is 56.6 Å². The van der Waals surface area contributed by atoms with Gasteiger partial charge in [-0.2, -0.15) is 0 Å². The van der Waals surface area contributed by atoms with E-state index in [1.165, 1.54) is 30.5 Å². The van der Waals surface area contributed by atoms with Crippen molar-refractivity contribution in [1.29, 1.82) is 0 Å². The smallest absolute Gasteiger partial charge is 0.411 e. The zero-order valence-corrected chi connectivity index (χ0v) is 16.8. The van der Waals surface area contributed by atoms with Crippen LogP contribution in [0.5, 0.6) is 0 Å². The van der Waals surface area contributed by atoms with Crippen molar-refractivity contribution in [2.24, 2.45) is 0 Å². The Labute approximate surface area is 171 Å². The number of carbonyl (C=O) groups is 1. The van der Waals surface area contributed by atoms with Gasteiger partial charge in [-0.3, -0.25) is 0 Å². The van der Waals surface area contributed by atoms with Crippen LogP contribution >= 0.6 is 0 Å². The van der Waals surface area contributed by atoms with Crippen molar-refractivity contribution in [3.63, 3.8) is 0 Å². The maximum Gasteiger partial charge on any atom is 0.411 e. The van der Waals surface area contributed by atoms with E-state index >= 15 is 0 Å². The van der Waals surface area contributed by atoms with Crippen LogP contribution in [0, 0.1) is 5.82 Å². The number of halogens is 1. The quantitative estimate of drug-likeness (QED) is 0.692. The summed E-state index contributed by atoms with van der Waals surface area (Å²) in [7, 11) is 0. The fourth-order valence-electron chi connectivity index (χ4n) is 4.31. The average Bonchev–Trinajstić information content (AvgIpc) is 3.58. The standard InChI is InChI=1S/C24H28FNO3/c1-17(18-3-5-19(6-4-18)20-7-8-20)26-15-14-24(13-2-16-27,29-23(26)28)21-9-11-22(25)12-10-21/h3-6,9-12,17,20,27H,2,7-8,13-16H2,1H3/t17-,24?/m0/s1. The summed E-state index contributed by atoms with van der Waals surface area (Å²) in [5, 5.41) is 9.31. The summed E-state index contributed by atoms with van der Waals surface area (Å²) in [4.78, 5) is 14.7. The Kier molecular flexibility index (Phi) is 5.59. The van der Waals surface area contributed by atoms with Gasteiger partial charge in [-0.15, -0.1) is 0 Å².